The number of ether oxygens (including phenoxy) is 1. The molecule has 1 N–H and O–H groups in total. The van der Waals surface area contributed by atoms with Gasteiger partial charge in [0.2, 0.25) is 5.91 Å². The van der Waals surface area contributed by atoms with Gasteiger partial charge in [-0.1, -0.05) is 13.8 Å². The van der Waals surface area contributed by atoms with Gasteiger partial charge < -0.3 is 14.7 Å². The molecule has 4 aliphatic carbocycles. The maximum atomic E-state index is 13.7. The van der Waals surface area contributed by atoms with E-state index in [4.69, 9.17) is 9.84 Å². The molecule has 4 rings (SSSR count). The maximum absolute atomic E-state index is 13.7. The summed E-state index contributed by atoms with van der Waals surface area (Å²) in [5, 5.41) is 9.03. The molecule has 0 aromatic heterocycles. The summed E-state index contributed by atoms with van der Waals surface area (Å²) in [7, 11) is 0. The number of fused-ring (bicyclic) bond motifs is 5. The molecule has 0 heterocycles. The number of carboxylic acid groups (broad SMARTS) is 1. The van der Waals surface area contributed by atoms with E-state index in [1.807, 2.05) is 0 Å². The van der Waals surface area contributed by atoms with E-state index in [0.29, 0.717) is 35.3 Å². The van der Waals surface area contributed by atoms with E-state index in [2.05, 4.69) is 52.5 Å². The Labute approximate surface area is 194 Å². The molecule has 32 heavy (non-hydrogen) atoms. The normalized spacial score (nSPS) is 40.9. The number of carbonyl (C=O) groups excluding carboxylic acids is 1. The third kappa shape index (κ3) is 3.68. The molecule has 0 radical (unpaired) electrons. The molecule has 1 amide bonds. The number of nitrogens with zero attached hydrogens (tertiary/aromatic N) is 1. The molecule has 0 aromatic carbocycles. The largest absolute Gasteiger partial charge is 0.511 e. The Morgan fingerprint density at radius 1 is 0.969 bits per heavy atom. The second-order valence-electron chi connectivity index (χ2n) is 12.2. The van der Waals surface area contributed by atoms with Crippen LogP contribution in [0.4, 0.5) is 4.79 Å². The molecule has 0 bridgehead atoms. The van der Waals surface area contributed by atoms with Crippen LogP contribution in [-0.4, -0.2) is 34.2 Å². The summed E-state index contributed by atoms with van der Waals surface area (Å²) in [6.45, 7) is 13.4. The second kappa shape index (κ2) is 8.36. The van der Waals surface area contributed by atoms with Crippen molar-refractivity contribution >= 4 is 12.1 Å². The monoisotopic (exact) mass is 445 g/mol. The summed E-state index contributed by atoms with van der Waals surface area (Å²) in [6.07, 6.45) is 9.54. The third-order valence-electron chi connectivity index (χ3n) is 10.1. The lowest BCUT2D eigenvalue weighted by molar-refractivity contribution is -0.148. The Bertz CT molecular complexity index is 781. The van der Waals surface area contributed by atoms with Gasteiger partial charge in [-0.15, -0.1) is 0 Å². The molecule has 7 atom stereocenters. The van der Waals surface area contributed by atoms with Crippen LogP contribution in [0.25, 0.3) is 0 Å². The van der Waals surface area contributed by atoms with Crippen molar-refractivity contribution in [1.82, 2.24) is 4.90 Å². The van der Waals surface area contributed by atoms with E-state index in [1.54, 1.807) is 0 Å². The van der Waals surface area contributed by atoms with Crippen LogP contribution in [0.15, 0.2) is 11.8 Å². The molecule has 0 aliphatic heterocycles. The quantitative estimate of drug-likeness (QED) is 0.503. The molecule has 0 spiro atoms. The zero-order valence-electron chi connectivity index (χ0n) is 20.9. The van der Waals surface area contributed by atoms with Gasteiger partial charge in [0, 0.05) is 24.4 Å². The van der Waals surface area contributed by atoms with Crippen molar-refractivity contribution in [3.63, 3.8) is 0 Å². The van der Waals surface area contributed by atoms with Gasteiger partial charge in [-0.2, -0.15) is 0 Å². The van der Waals surface area contributed by atoms with E-state index in [0.717, 1.165) is 32.1 Å². The summed E-state index contributed by atoms with van der Waals surface area (Å²) in [4.78, 5) is 26.9. The Hall–Kier alpha value is -1.52. The van der Waals surface area contributed by atoms with E-state index < -0.39 is 6.16 Å². The van der Waals surface area contributed by atoms with Crippen LogP contribution in [0.1, 0.15) is 92.9 Å². The summed E-state index contributed by atoms with van der Waals surface area (Å²) in [5.74, 6) is 3.59. The van der Waals surface area contributed by atoms with Gasteiger partial charge in [0.15, 0.2) is 0 Å². The van der Waals surface area contributed by atoms with Crippen molar-refractivity contribution in [2.24, 2.45) is 40.4 Å². The molecule has 180 valence electrons. The van der Waals surface area contributed by atoms with Crippen LogP contribution in [0.5, 0.6) is 0 Å². The Kier molecular flexibility index (Phi) is 6.17. The highest BCUT2D eigenvalue weighted by Gasteiger charge is 2.61. The fourth-order valence-electron chi connectivity index (χ4n) is 8.72. The number of allylic oxidation sites excluding steroid dienone is 2. The van der Waals surface area contributed by atoms with E-state index >= 15 is 0 Å². The predicted molar refractivity (Wildman–Crippen MR) is 125 cm³/mol. The lowest BCUT2D eigenvalue weighted by Gasteiger charge is -2.59. The minimum absolute atomic E-state index is 0.117. The average molecular weight is 446 g/mol. The summed E-state index contributed by atoms with van der Waals surface area (Å²) < 4.78 is 5.04. The number of hydrogen-bond donors (Lipinski definition) is 1. The number of amides is 1. The summed E-state index contributed by atoms with van der Waals surface area (Å²) in [6, 6.07) is 0.485. The van der Waals surface area contributed by atoms with Crippen LogP contribution < -0.4 is 0 Å². The van der Waals surface area contributed by atoms with E-state index in [9.17, 15) is 9.59 Å². The lowest BCUT2D eigenvalue weighted by Crippen LogP contribution is -2.54. The van der Waals surface area contributed by atoms with Crippen molar-refractivity contribution in [3.8, 4) is 0 Å². The second-order valence-corrected chi connectivity index (χ2v) is 12.2. The summed E-state index contributed by atoms with van der Waals surface area (Å²) in [5.41, 5.74) is 0.338. The SMILES string of the molecule is CC(C)N(C(=O)[C@H]1CC[C@H]2[C@@H]3CC[C@H]4C=C(OC(=O)O)CC[C@]4(C)[C@H]3CC[C@]12C)C(C)C. The smallest absolute Gasteiger partial charge is 0.449 e. The van der Waals surface area contributed by atoms with Gasteiger partial charge in [-0.3, -0.25) is 4.79 Å². The van der Waals surface area contributed by atoms with Crippen LogP contribution in [0, 0.1) is 40.4 Å². The summed E-state index contributed by atoms with van der Waals surface area (Å²) >= 11 is 0. The molecular weight excluding hydrogens is 402 g/mol. The highest BCUT2D eigenvalue weighted by atomic mass is 16.7. The van der Waals surface area contributed by atoms with Gasteiger partial charge in [-0.25, -0.2) is 4.79 Å². The first-order valence-electron chi connectivity index (χ1n) is 12.9. The van der Waals surface area contributed by atoms with Crippen molar-refractivity contribution in [3.05, 3.63) is 11.8 Å². The van der Waals surface area contributed by atoms with Crippen molar-refractivity contribution < 1.29 is 19.4 Å². The molecule has 0 unspecified atom stereocenters. The molecule has 5 nitrogen and oxygen atoms in total. The fraction of sp³-hybridized carbons (Fsp3) is 0.852. The standard InChI is InChI=1S/C27H43NO4/c1-16(2)28(17(3)4)24(29)23-10-9-21-20-8-7-18-15-19(32-25(30)31)11-13-26(18,5)22(20)12-14-27(21,23)6/h15-18,20-23H,7-14H2,1-6H3,(H,30,31)/t18-,20-,21-,22-,23+,26-,27-/m0/s1. The minimum Gasteiger partial charge on any atom is -0.449 e. The van der Waals surface area contributed by atoms with Crippen LogP contribution in [-0.2, 0) is 9.53 Å². The Balaban J connectivity index is 1.55. The van der Waals surface area contributed by atoms with Gasteiger partial charge in [0.25, 0.3) is 0 Å². The first-order valence-corrected chi connectivity index (χ1v) is 12.9. The average Bonchev–Trinajstić information content (AvgIpc) is 3.04. The van der Waals surface area contributed by atoms with E-state index in [1.165, 1.54) is 19.3 Å². The first-order chi connectivity index (χ1) is 15.0. The van der Waals surface area contributed by atoms with Crippen molar-refractivity contribution in [1.29, 1.82) is 0 Å². The highest BCUT2D eigenvalue weighted by molar-refractivity contribution is 5.80. The maximum Gasteiger partial charge on any atom is 0.511 e. The van der Waals surface area contributed by atoms with E-state index in [-0.39, 0.29) is 28.8 Å². The van der Waals surface area contributed by atoms with Crippen molar-refractivity contribution in [2.75, 3.05) is 0 Å². The van der Waals surface area contributed by atoms with Gasteiger partial charge in [0.05, 0.1) is 0 Å². The number of carbonyl (C=O) groups is 2. The van der Waals surface area contributed by atoms with Gasteiger partial charge >= 0.3 is 6.16 Å². The topological polar surface area (TPSA) is 66.8 Å². The molecule has 0 saturated heterocycles. The van der Waals surface area contributed by atoms with Crippen LogP contribution in [0.2, 0.25) is 0 Å². The van der Waals surface area contributed by atoms with Crippen LogP contribution in [0.3, 0.4) is 0 Å². The number of hydrogen-bond acceptors (Lipinski definition) is 3. The zero-order valence-corrected chi connectivity index (χ0v) is 20.9. The zero-order chi connectivity index (χ0) is 23.4. The number of rotatable bonds is 4. The Morgan fingerprint density at radius 2 is 1.62 bits per heavy atom. The molecule has 4 aliphatic rings. The van der Waals surface area contributed by atoms with Crippen LogP contribution >= 0.6 is 0 Å². The highest BCUT2D eigenvalue weighted by Crippen LogP contribution is 2.67. The van der Waals surface area contributed by atoms with Crippen molar-refractivity contribution in [2.45, 2.75) is 105 Å². The molecule has 0 aromatic rings. The minimum atomic E-state index is -1.19. The van der Waals surface area contributed by atoms with Gasteiger partial charge in [0.1, 0.15) is 5.76 Å². The first kappa shape index (κ1) is 23.6. The molecular formula is C27H43NO4. The Morgan fingerprint density at radius 3 is 2.25 bits per heavy atom. The third-order valence-corrected chi connectivity index (χ3v) is 10.1. The molecule has 3 saturated carbocycles. The van der Waals surface area contributed by atoms with Gasteiger partial charge in [-0.05, 0) is 113 Å². The molecule has 3 fully saturated rings. The molecule has 5 heteroatoms. The fourth-order valence-corrected chi connectivity index (χ4v) is 8.72. The lowest BCUT2D eigenvalue weighted by atomic mass is 9.45. The predicted octanol–water partition coefficient (Wildman–Crippen LogP) is 6.48.